The predicted octanol–water partition coefficient (Wildman–Crippen LogP) is 2.36. The van der Waals surface area contributed by atoms with Crippen molar-refractivity contribution in [3.63, 3.8) is 0 Å². The molecule has 0 aliphatic rings. The molecule has 0 saturated heterocycles. The van der Waals surface area contributed by atoms with E-state index >= 15 is 0 Å². The van der Waals surface area contributed by atoms with Crippen molar-refractivity contribution in [2.75, 3.05) is 13.6 Å². The van der Waals surface area contributed by atoms with Crippen molar-refractivity contribution in [2.45, 2.75) is 19.9 Å². The van der Waals surface area contributed by atoms with Gasteiger partial charge in [0.1, 0.15) is 5.76 Å². The highest BCUT2D eigenvalue weighted by molar-refractivity contribution is 5.86. The standard InChI is InChI=1S/C15H18N2O3/c1-11-9-13(20-14(11)15(18)19)10-17(2)8-5-12-3-6-16-7-4-12/h3-4,6-7,9H,5,8,10H2,1-2H3,(H,18,19). The summed E-state index contributed by atoms with van der Waals surface area (Å²) in [5.41, 5.74) is 1.89. The first-order valence-electron chi connectivity index (χ1n) is 6.46. The van der Waals surface area contributed by atoms with E-state index < -0.39 is 5.97 Å². The minimum absolute atomic E-state index is 0.0301. The second-order valence-electron chi connectivity index (χ2n) is 4.87. The monoisotopic (exact) mass is 274 g/mol. The van der Waals surface area contributed by atoms with Crippen LogP contribution in [0.1, 0.15) is 27.4 Å². The van der Waals surface area contributed by atoms with E-state index in [0.29, 0.717) is 17.9 Å². The van der Waals surface area contributed by atoms with Crippen LogP contribution in [-0.2, 0) is 13.0 Å². The number of furan rings is 1. The minimum atomic E-state index is -1.02. The first-order chi connectivity index (χ1) is 9.56. The van der Waals surface area contributed by atoms with Gasteiger partial charge in [-0.05, 0) is 44.2 Å². The molecular formula is C15H18N2O3. The average Bonchev–Trinajstić information content (AvgIpc) is 2.78. The van der Waals surface area contributed by atoms with E-state index in [1.165, 1.54) is 5.56 Å². The van der Waals surface area contributed by atoms with E-state index in [-0.39, 0.29) is 5.76 Å². The molecule has 0 aliphatic carbocycles. The number of hydrogen-bond acceptors (Lipinski definition) is 4. The first-order valence-corrected chi connectivity index (χ1v) is 6.46. The summed E-state index contributed by atoms with van der Waals surface area (Å²) >= 11 is 0. The van der Waals surface area contributed by atoms with E-state index in [1.54, 1.807) is 25.4 Å². The summed E-state index contributed by atoms with van der Waals surface area (Å²) in [6.45, 7) is 3.21. The van der Waals surface area contributed by atoms with Crippen molar-refractivity contribution in [2.24, 2.45) is 0 Å². The minimum Gasteiger partial charge on any atom is -0.475 e. The van der Waals surface area contributed by atoms with E-state index in [4.69, 9.17) is 9.52 Å². The lowest BCUT2D eigenvalue weighted by Crippen LogP contribution is -2.20. The molecule has 0 atom stereocenters. The Kier molecular flexibility index (Phi) is 4.53. The Balaban J connectivity index is 1.90. The van der Waals surface area contributed by atoms with Crippen LogP contribution in [0.4, 0.5) is 0 Å². The Hall–Kier alpha value is -2.14. The van der Waals surface area contributed by atoms with Gasteiger partial charge in [-0.3, -0.25) is 9.88 Å². The van der Waals surface area contributed by atoms with Crippen LogP contribution >= 0.6 is 0 Å². The molecule has 0 radical (unpaired) electrons. The van der Waals surface area contributed by atoms with Crippen LogP contribution in [0.3, 0.4) is 0 Å². The molecule has 0 aromatic carbocycles. The number of pyridine rings is 1. The van der Waals surface area contributed by atoms with E-state index in [9.17, 15) is 4.79 Å². The number of aromatic nitrogens is 1. The lowest BCUT2D eigenvalue weighted by Gasteiger charge is -2.14. The average molecular weight is 274 g/mol. The van der Waals surface area contributed by atoms with Gasteiger partial charge in [-0.2, -0.15) is 0 Å². The van der Waals surface area contributed by atoms with Crippen LogP contribution < -0.4 is 0 Å². The van der Waals surface area contributed by atoms with Gasteiger partial charge in [-0.25, -0.2) is 4.79 Å². The first kappa shape index (κ1) is 14.3. The largest absolute Gasteiger partial charge is 0.475 e. The summed E-state index contributed by atoms with van der Waals surface area (Å²) in [5, 5.41) is 8.95. The molecule has 0 spiro atoms. The number of aryl methyl sites for hydroxylation is 1. The van der Waals surface area contributed by atoms with E-state index in [1.807, 2.05) is 19.2 Å². The highest BCUT2D eigenvalue weighted by atomic mass is 16.4. The molecule has 2 heterocycles. The summed E-state index contributed by atoms with van der Waals surface area (Å²) in [4.78, 5) is 17.0. The van der Waals surface area contributed by atoms with Crippen LogP contribution in [0.15, 0.2) is 35.0 Å². The maximum atomic E-state index is 10.9. The molecule has 0 bridgehead atoms. The van der Waals surface area contributed by atoms with Crippen molar-refractivity contribution < 1.29 is 14.3 Å². The Morgan fingerprint density at radius 2 is 2.10 bits per heavy atom. The second-order valence-corrected chi connectivity index (χ2v) is 4.87. The van der Waals surface area contributed by atoms with Crippen LogP contribution in [-0.4, -0.2) is 34.6 Å². The van der Waals surface area contributed by atoms with Crippen molar-refractivity contribution >= 4 is 5.97 Å². The van der Waals surface area contributed by atoms with Crippen LogP contribution in [0.5, 0.6) is 0 Å². The number of aromatic carboxylic acids is 1. The van der Waals surface area contributed by atoms with Gasteiger partial charge in [0.25, 0.3) is 0 Å². The molecule has 0 aliphatic heterocycles. The summed E-state index contributed by atoms with van der Waals surface area (Å²) < 4.78 is 5.35. The van der Waals surface area contributed by atoms with Crippen molar-refractivity contribution in [1.29, 1.82) is 0 Å². The lowest BCUT2D eigenvalue weighted by atomic mass is 10.2. The Labute approximate surface area is 117 Å². The normalized spacial score (nSPS) is 10.9. The van der Waals surface area contributed by atoms with Crippen LogP contribution in [0.2, 0.25) is 0 Å². The number of rotatable bonds is 6. The van der Waals surface area contributed by atoms with E-state index in [2.05, 4.69) is 9.88 Å². The zero-order valence-corrected chi connectivity index (χ0v) is 11.7. The summed E-state index contributed by atoms with van der Waals surface area (Å²) in [6.07, 6.45) is 4.49. The molecule has 1 N–H and O–H groups in total. The molecule has 5 nitrogen and oxygen atoms in total. The molecule has 5 heteroatoms. The highest BCUT2D eigenvalue weighted by Gasteiger charge is 2.15. The number of carbonyl (C=O) groups is 1. The number of hydrogen-bond donors (Lipinski definition) is 1. The second kappa shape index (κ2) is 6.34. The quantitative estimate of drug-likeness (QED) is 0.876. The van der Waals surface area contributed by atoms with Gasteiger partial charge in [-0.15, -0.1) is 0 Å². The van der Waals surface area contributed by atoms with Crippen molar-refractivity contribution in [1.82, 2.24) is 9.88 Å². The van der Waals surface area contributed by atoms with Crippen LogP contribution in [0, 0.1) is 6.92 Å². The maximum Gasteiger partial charge on any atom is 0.372 e. The molecule has 0 unspecified atom stereocenters. The fourth-order valence-electron chi connectivity index (χ4n) is 2.05. The molecule has 0 saturated carbocycles. The predicted molar refractivity (Wildman–Crippen MR) is 74.7 cm³/mol. The summed E-state index contributed by atoms with van der Waals surface area (Å²) in [5.74, 6) is -0.312. The molecular weight excluding hydrogens is 256 g/mol. The molecule has 0 fully saturated rings. The zero-order chi connectivity index (χ0) is 14.5. The SMILES string of the molecule is Cc1cc(CN(C)CCc2ccncc2)oc1C(=O)O. The summed E-state index contributed by atoms with van der Waals surface area (Å²) in [6, 6.07) is 5.77. The topological polar surface area (TPSA) is 66.6 Å². The van der Waals surface area contributed by atoms with Gasteiger partial charge in [0, 0.05) is 24.5 Å². The molecule has 2 aromatic rings. The fourth-order valence-corrected chi connectivity index (χ4v) is 2.05. The molecule has 106 valence electrons. The third-order valence-electron chi connectivity index (χ3n) is 3.12. The van der Waals surface area contributed by atoms with Crippen LogP contribution in [0.25, 0.3) is 0 Å². The van der Waals surface area contributed by atoms with E-state index in [0.717, 1.165) is 13.0 Å². The van der Waals surface area contributed by atoms with Gasteiger partial charge in [0.15, 0.2) is 0 Å². The molecule has 2 rings (SSSR count). The van der Waals surface area contributed by atoms with Gasteiger partial charge < -0.3 is 9.52 Å². The number of carboxylic acid groups (broad SMARTS) is 1. The Bertz CT molecular complexity index is 578. The number of carboxylic acids is 1. The van der Waals surface area contributed by atoms with Crippen molar-refractivity contribution in [3.8, 4) is 0 Å². The lowest BCUT2D eigenvalue weighted by molar-refractivity contribution is 0.0657. The summed E-state index contributed by atoms with van der Waals surface area (Å²) in [7, 11) is 1.99. The fraction of sp³-hybridized carbons (Fsp3) is 0.333. The van der Waals surface area contributed by atoms with Crippen molar-refractivity contribution in [3.05, 3.63) is 53.2 Å². The van der Waals surface area contributed by atoms with Gasteiger partial charge in [-0.1, -0.05) is 0 Å². The number of nitrogens with zero attached hydrogens (tertiary/aromatic N) is 2. The highest BCUT2D eigenvalue weighted by Crippen LogP contribution is 2.16. The third-order valence-corrected chi connectivity index (χ3v) is 3.12. The zero-order valence-electron chi connectivity index (χ0n) is 11.7. The molecule has 2 aromatic heterocycles. The Morgan fingerprint density at radius 3 is 2.70 bits per heavy atom. The molecule has 0 amide bonds. The van der Waals surface area contributed by atoms with Gasteiger partial charge >= 0.3 is 5.97 Å². The maximum absolute atomic E-state index is 10.9. The van der Waals surface area contributed by atoms with Gasteiger partial charge in [0.05, 0.1) is 6.54 Å². The Morgan fingerprint density at radius 1 is 1.40 bits per heavy atom. The smallest absolute Gasteiger partial charge is 0.372 e. The molecule has 20 heavy (non-hydrogen) atoms. The van der Waals surface area contributed by atoms with Gasteiger partial charge in [0.2, 0.25) is 5.76 Å². The third kappa shape index (κ3) is 3.68. The number of likely N-dealkylation sites (N-methyl/N-ethyl adjacent to an activating group) is 1.